The first kappa shape index (κ1) is 12.7. The van der Waals surface area contributed by atoms with Gasteiger partial charge in [-0.2, -0.15) is 0 Å². The molecule has 1 rings (SSSR count). The summed E-state index contributed by atoms with van der Waals surface area (Å²) in [5.74, 6) is 0.592. The Bertz CT molecular complexity index is 356. The fourth-order valence-corrected chi connectivity index (χ4v) is 1.55. The number of benzene rings is 1. The van der Waals surface area contributed by atoms with Crippen molar-refractivity contribution < 1.29 is 4.99 Å². The average molecular weight is 216 g/mol. The predicted octanol–water partition coefficient (Wildman–Crippen LogP) is 2.29. The molecule has 0 aliphatic carbocycles. The van der Waals surface area contributed by atoms with E-state index < -0.39 is 0 Å². The highest BCUT2D eigenvalue weighted by atomic mass is 14.8. The van der Waals surface area contributed by atoms with Gasteiger partial charge < -0.3 is 0 Å². The van der Waals surface area contributed by atoms with E-state index in [2.05, 4.69) is 69.1 Å². The Morgan fingerprint density at radius 3 is 2.25 bits per heavy atom. The second-order valence-electron chi connectivity index (χ2n) is 4.68. The summed E-state index contributed by atoms with van der Waals surface area (Å²) in [4.78, 5) is 3.48. The summed E-state index contributed by atoms with van der Waals surface area (Å²) in [6.45, 7) is 8.67. The number of hydrogen-bond donors (Lipinski definition) is 1. The first-order valence-electron chi connectivity index (χ1n) is 5.89. The summed E-state index contributed by atoms with van der Waals surface area (Å²) >= 11 is 0. The number of rotatable bonds is 4. The lowest BCUT2D eigenvalue weighted by atomic mass is 10.0. The third-order valence-corrected chi connectivity index (χ3v) is 2.47. The van der Waals surface area contributed by atoms with Gasteiger partial charge in [-0.1, -0.05) is 50.3 Å². The van der Waals surface area contributed by atoms with Crippen LogP contribution in [0.5, 0.6) is 0 Å². The Kier molecular flexibility index (Phi) is 4.97. The summed E-state index contributed by atoms with van der Waals surface area (Å²) in [5, 5.41) is 0. The average Bonchev–Trinajstić information content (AvgIpc) is 2.25. The minimum absolute atomic E-state index is 0.408. The molecule has 0 bridgehead atoms. The minimum atomic E-state index is 0.408. The molecule has 0 aliphatic heterocycles. The van der Waals surface area contributed by atoms with Gasteiger partial charge in [-0.25, -0.2) is 4.99 Å². The zero-order valence-corrected chi connectivity index (χ0v) is 10.7. The van der Waals surface area contributed by atoms with Gasteiger partial charge >= 0.3 is 0 Å². The van der Waals surface area contributed by atoms with E-state index in [1.165, 1.54) is 11.3 Å². The molecule has 1 aromatic carbocycles. The third-order valence-electron chi connectivity index (χ3n) is 2.47. The normalized spacial score (nSPS) is 13.1. The predicted molar refractivity (Wildman–Crippen MR) is 71.4 cm³/mol. The van der Waals surface area contributed by atoms with Crippen LogP contribution in [0.25, 0.3) is 6.08 Å². The van der Waals surface area contributed by atoms with E-state index in [1.807, 2.05) is 6.07 Å². The van der Waals surface area contributed by atoms with Gasteiger partial charge in [0.2, 0.25) is 0 Å². The molecule has 0 amide bonds. The SMILES string of the molecule is CC(C)=[NH+]C(/C=C/c1ccccc1)C(C)C. The van der Waals surface area contributed by atoms with Gasteiger partial charge in [-0.3, -0.25) is 0 Å². The highest BCUT2D eigenvalue weighted by Crippen LogP contribution is 2.04. The monoisotopic (exact) mass is 216 g/mol. The first-order chi connectivity index (χ1) is 7.59. The standard InChI is InChI=1S/C15H21N/c1-12(2)15(16-13(3)4)11-10-14-8-6-5-7-9-14/h5-12,15H,1-4H3/p+1/b11-10+. The molecule has 0 saturated carbocycles. The van der Waals surface area contributed by atoms with Crippen LogP contribution in [0, 0.1) is 5.92 Å². The van der Waals surface area contributed by atoms with Gasteiger partial charge in [-0.05, 0) is 11.6 Å². The molecule has 1 heteroatoms. The fourth-order valence-electron chi connectivity index (χ4n) is 1.55. The van der Waals surface area contributed by atoms with Crippen LogP contribution >= 0.6 is 0 Å². The molecule has 0 spiro atoms. The van der Waals surface area contributed by atoms with E-state index in [-0.39, 0.29) is 0 Å². The van der Waals surface area contributed by atoms with E-state index in [9.17, 15) is 0 Å². The molecule has 86 valence electrons. The van der Waals surface area contributed by atoms with Crippen molar-refractivity contribution >= 4 is 11.8 Å². The molecule has 0 radical (unpaired) electrons. The van der Waals surface area contributed by atoms with Crippen molar-refractivity contribution in [1.82, 2.24) is 0 Å². The number of nitrogens with one attached hydrogen (secondary N) is 1. The molecule has 16 heavy (non-hydrogen) atoms. The lowest BCUT2D eigenvalue weighted by Gasteiger charge is -2.07. The largest absolute Gasteiger partial charge is 0.243 e. The Morgan fingerprint density at radius 1 is 1.12 bits per heavy atom. The second-order valence-corrected chi connectivity index (χ2v) is 4.68. The molecule has 0 heterocycles. The lowest BCUT2D eigenvalue weighted by molar-refractivity contribution is -0.498. The Balaban J connectivity index is 2.76. The van der Waals surface area contributed by atoms with E-state index in [0.29, 0.717) is 12.0 Å². The minimum Gasteiger partial charge on any atom is -0.243 e. The summed E-state index contributed by atoms with van der Waals surface area (Å²) in [7, 11) is 0. The molecule has 0 saturated heterocycles. The maximum atomic E-state index is 3.48. The van der Waals surface area contributed by atoms with Crippen molar-refractivity contribution in [1.29, 1.82) is 0 Å². The Hall–Kier alpha value is -1.37. The van der Waals surface area contributed by atoms with Gasteiger partial charge in [-0.15, -0.1) is 0 Å². The van der Waals surface area contributed by atoms with Crippen LogP contribution in [0.1, 0.15) is 33.3 Å². The molecule has 1 atom stereocenters. The zero-order valence-electron chi connectivity index (χ0n) is 10.7. The third kappa shape index (κ3) is 4.43. The maximum Gasteiger partial charge on any atom is 0.171 e. The van der Waals surface area contributed by atoms with Crippen LogP contribution in [0.2, 0.25) is 0 Å². The van der Waals surface area contributed by atoms with Gasteiger partial charge in [0, 0.05) is 19.8 Å². The van der Waals surface area contributed by atoms with E-state index >= 15 is 0 Å². The zero-order chi connectivity index (χ0) is 12.0. The van der Waals surface area contributed by atoms with Gasteiger partial charge in [0.1, 0.15) is 5.71 Å². The molecule has 0 fully saturated rings. The van der Waals surface area contributed by atoms with E-state index in [0.717, 1.165) is 0 Å². The van der Waals surface area contributed by atoms with Crippen LogP contribution in [0.3, 0.4) is 0 Å². The highest BCUT2D eigenvalue weighted by Gasteiger charge is 2.12. The van der Waals surface area contributed by atoms with Gasteiger partial charge in [0.25, 0.3) is 0 Å². The summed E-state index contributed by atoms with van der Waals surface area (Å²) < 4.78 is 0. The molecule has 1 nitrogen and oxygen atoms in total. The Morgan fingerprint density at radius 2 is 1.75 bits per heavy atom. The van der Waals surface area contributed by atoms with Crippen molar-refractivity contribution in [2.24, 2.45) is 5.92 Å². The molecule has 1 aromatic rings. The van der Waals surface area contributed by atoms with Crippen LogP contribution < -0.4 is 4.99 Å². The van der Waals surface area contributed by atoms with Crippen molar-refractivity contribution in [2.45, 2.75) is 33.7 Å². The summed E-state index contributed by atoms with van der Waals surface area (Å²) in [5.41, 5.74) is 2.51. The maximum absolute atomic E-state index is 3.48. The van der Waals surface area contributed by atoms with Gasteiger partial charge in [0.05, 0.1) is 0 Å². The van der Waals surface area contributed by atoms with Gasteiger partial charge in [0.15, 0.2) is 6.04 Å². The van der Waals surface area contributed by atoms with Crippen LogP contribution in [-0.4, -0.2) is 11.8 Å². The highest BCUT2D eigenvalue weighted by molar-refractivity contribution is 5.72. The van der Waals surface area contributed by atoms with Crippen LogP contribution in [0.15, 0.2) is 36.4 Å². The van der Waals surface area contributed by atoms with E-state index in [1.54, 1.807) is 0 Å². The van der Waals surface area contributed by atoms with E-state index in [4.69, 9.17) is 0 Å². The summed E-state index contributed by atoms with van der Waals surface area (Å²) in [6, 6.07) is 10.8. The number of hydrogen-bond acceptors (Lipinski definition) is 0. The molecule has 0 aromatic heterocycles. The summed E-state index contributed by atoms with van der Waals surface area (Å²) in [6.07, 6.45) is 4.42. The van der Waals surface area contributed by atoms with Crippen molar-refractivity contribution in [2.75, 3.05) is 0 Å². The second kappa shape index (κ2) is 6.26. The fraction of sp³-hybridized carbons (Fsp3) is 0.400. The Labute approximate surface area is 98.9 Å². The van der Waals surface area contributed by atoms with Crippen LogP contribution in [-0.2, 0) is 0 Å². The van der Waals surface area contributed by atoms with Crippen LogP contribution in [0.4, 0.5) is 0 Å². The van der Waals surface area contributed by atoms with Crippen molar-refractivity contribution in [3.8, 4) is 0 Å². The molecular weight excluding hydrogens is 194 g/mol. The molecule has 1 N–H and O–H groups in total. The molecular formula is C15H22N+. The molecule has 1 unspecified atom stereocenters. The lowest BCUT2D eigenvalue weighted by Crippen LogP contribution is -2.79. The van der Waals surface area contributed by atoms with Crippen molar-refractivity contribution in [3.05, 3.63) is 42.0 Å². The smallest absolute Gasteiger partial charge is 0.171 e. The quantitative estimate of drug-likeness (QED) is 0.742. The molecule has 0 aliphatic rings. The van der Waals surface area contributed by atoms with Crippen molar-refractivity contribution in [3.63, 3.8) is 0 Å². The first-order valence-corrected chi connectivity index (χ1v) is 5.89. The topological polar surface area (TPSA) is 14.0 Å².